The van der Waals surface area contributed by atoms with Gasteiger partial charge in [-0.25, -0.2) is 0 Å². The fourth-order valence-corrected chi connectivity index (χ4v) is 3.86. The Hall–Kier alpha value is -1.06. The molecule has 3 nitrogen and oxygen atoms in total. The van der Waals surface area contributed by atoms with Gasteiger partial charge in [0.15, 0.2) is 0 Å². The molecule has 1 heterocycles. The van der Waals surface area contributed by atoms with E-state index in [2.05, 4.69) is 23.5 Å². The van der Waals surface area contributed by atoms with Gasteiger partial charge in [0.1, 0.15) is 5.75 Å². The summed E-state index contributed by atoms with van der Waals surface area (Å²) in [5, 5.41) is 13.2. The summed E-state index contributed by atoms with van der Waals surface area (Å²) in [7, 11) is 0. The molecule has 2 aliphatic rings. The molecule has 0 bridgehead atoms. The highest BCUT2D eigenvalue weighted by Crippen LogP contribution is 2.33. The fourth-order valence-electron chi connectivity index (χ4n) is 3.86. The maximum Gasteiger partial charge on any atom is 0.122 e. The summed E-state index contributed by atoms with van der Waals surface area (Å²) in [5.41, 5.74) is 1.35. The molecule has 0 aromatic heterocycles. The van der Waals surface area contributed by atoms with E-state index in [4.69, 9.17) is 4.74 Å². The van der Waals surface area contributed by atoms with Crippen LogP contribution in [0.2, 0.25) is 0 Å². The maximum atomic E-state index is 9.50. The normalized spacial score (nSPS) is 28.7. The number of hydrogen-bond donors (Lipinski definition) is 2. The Kier molecular flexibility index (Phi) is 5.15. The number of rotatable bonds is 5. The molecule has 1 aliphatic carbocycles. The average Bonchev–Trinajstić information content (AvgIpc) is 2.55. The quantitative estimate of drug-likeness (QED) is 0.875. The van der Waals surface area contributed by atoms with Gasteiger partial charge in [0.2, 0.25) is 0 Å². The van der Waals surface area contributed by atoms with Crippen molar-refractivity contribution in [3.05, 3.63) is 29.8 Å². The molecule has 0 radical (unpaired) electrons. The zero-order chi connectivity index (χ0) is 14.5. The van der Waals surface area contributed by atoms with Crippen molar-refractivity contribution < 1.29 is 9.84 Å². The first-order valence-corrected chi connectivity index (χ1v) is 8.41. The molecule has 0 spiro atoms. The van der Waals surface area contributed by atoms with Gasteiger partial charge in [-0.3, -0.25) is 0 Å². The number of fused-ring (bicyclic) bond motifs is 1. The van der Waals surface area contributed by atoms with Gasteiger partial charge in [-0.1, -0.05) is 31.0 Å². The molecule has 116 valence electrons. The van der Waals surface area contributed by atoms with E-state index in [9.17, 15) is 5.11 Å². The van der Waals surface area contributed by atoms with Crippen LogP contribution in [-0.4, -0.2) is 31.4 Å². The summed E-state index contributed by atoms with van der Waals surface area (Å²) in [6, 6.07) is 8.41. The Morgan fingerprint density at radius 2 is 1.86 bits per heavy atom. The Morgan fingerprint density at radius 1 is 1.05 bits per heavy atom. The third-order valence-corrected chi connectivity index (χ3v) is 5.18. The van der Waals surface area contributed by atoms with Crippen LogP contribution in [0.25, 0.3) is 0 Å². The van der Waals surface area contributed by atoms with Crippen LogP contribution < -0.4 is 10.1 Å². The second-order valence-electron chi connectivity index (χ2n) is 6.52. The first kappa shape index (κ1) is 14.9. The highest BCUT2D eigenvalue weighted by atomic mass is 16.5. The third-order valence-electron chi connectivity index (χ3n) is 5.18. The molecule has 2 N–H and O–H groups in total. The van der Waals surface area contributed by atoms with Gasteiger partial charge in [-0.2, -0.15) is 0 Å². The molecule has 3 rings (SSSR count). The number of ether oxygens (including phenoxy) is 1. The number of benzene rings is 1. The van der Waals surface area contributed by atoms with Crippen LogP contribution in [0, 0.1) is 11.8 Å². The molecule has 0 saturated heterocycles. The van der Waals surface area contributed by atoms with Crippen LogP contribution in [0.3, 0.4) is 0 Å². The lowest BCUT2D eigenvalue weighted by Crippen LogP contribution is -2.35. The van der Waals surface area contributed by atoms with E-state index in [-0.39, 0.29) is 0 Å². The van der Waals surface area contributed by atoms with E-state index in [1.165, 1.54) is 31.2 Å². The molecule has 1 saturated carbocycles. The van der Waals surface area contributed by atoms with E-state index in [0.717, 1.165) is 31.9 Å². The maximum absolute atomic E-state index is 9.50. The zero-order valence-corrected chi connectivity index (χ0v) is 12.8. The van der Waals surface area contributed by atoms with Crippen molar-refractivity contribution in [1.29, 1.82) is 0 Å². The summed E-state index contributed by atoms with van der Waals surface area (Å²) >= 11 is 0. The van der Waals surface area contributed by atoms with Crippen molar-refractivity contribution >= 4 is 0 Å². The largest absolute Gasteiger partial charge is 0.493 e. The van der Waals surface area contributed by atoms with Crippen molar-refractivity contribution in [2.24, 2.45) is 11.8 Å². The second-order valence-corrected chi connectivity index (χ2v) is 6.52. The van der Waals surface area contributed by atoms with Crippen LogP contribution in [0.4, 0.5) is 0 Å². The Labute approximate surface area is 127 Å². The van der Waals surface area contributed by atoms with Gasteiger partial charge >= 0.3 is 0 Å². The topological polar surface area (TPSA) is 41.5 Å². The second kappa shape index (κ2) is 7.28. The molecule has 21 heavy (non-hydrogen) atoms. The molecule has 3 atom stereocenters. The van der Waals surface area contributed by atoms with Gasteiger partial charge in [0, 0.05) is 19.1 Å². The first-order chi connectivity index (χ1) is 10.4. The molecule has 1 aliphatic heterocycles. The van der Waals surface area contributed by atoms with Crippen LogP contribution in [0.15, 0.2) is 24.3 Å². The van der Waals surface area contributed by atoms with E-state index in [0.29, 0.717) is 24.4 Å². The lowest BCUT2D eigenvalue weighted by molar-refractivity contribution is 0.132. The minimum absolute atomic E-state index is 0.354. The molecule has 1 fully saturated rings. The number of hydrogen-bond acceptors (Lipinski definition) is 3. The fraction of sp³-hybridized carbons (Fsp3) is 0.667. The highest BCUT2D eigenvalue weighted by Gasteiger charge is 2.25. The minimum Gasteiger partial charge on any atom is -0.493 e. The lowest BCUT2D eigenvalue weighted by Gasteiger charge is -2.31. The molecular weight excluding hydrogens is 262 g/mol. The Bertz CT molecular complexity index is 449. The SMILES string of the molecule is OCC1CCCCC1CNCC1CCOc2ccccc21. The summed E-state index contributed by atoms with van der Waals surface area (Å²) in [4.78, 5) is 0. The van der Waals surface area contributed by atoms with Gasteiger partial charge in [0.25, 0.3) is 0 Å². The van der Waals surface area contributed by atoms with Gasteiger partial charge in [0.05, 0.1) is 6.61 Å². The van der Waals surface area contributed by atoms with Crippen LogP contribution in [0.1, 0.15) is 43.6 Å². The van der Waals surface area contributed by atoms with E-state index >= 15 is 0 Å². The first-order valence-electron chi connectivity index (χ1n) is 8.41. The molecule has 3 heteroatoms. The monoisotopic (exact) mass is 289 g/mol. The number of aliphatic hydroxyl groups is 1. The van der Waals surface area contributed by atoms with Crippen LogP contribution in [0.5, 0.6) is 5.75 Å². The van der Waals surface area contributed by atoms with Crippen molar-refractivity contribution in [1.82, 2.24) is 5.32 Å². The van der Waals surface area contributed by atoms with E-state index < -0.39 is 0 Å². The summed E-state index contributed by atoms with van der Waals surface area (Å²) < 4.78 is 5.72. The summed E-state index contributed by atoms with van der Waals surface area (Å²) in [5.74, 6) is 2.78. The highest BCUT2D eigenvalue weighted by molar-refractivity contribution is 5.37. The smallest absolute Gasteiger partial charge is 0.122 e. The standard InChI is InChI=1S/C18H27NO2/c20-13-16-6-2-1-5-14(16)11-19-12-15-9-10-21-18-8-4-3-7-17(15)18/h3-4,7-8,14-16,19-20H,1-2,5-6,9-13H2. The molecule has 3 unspecified atom stereocenters. The van der Waals surface area contributed by atoms with Gasteiger partial charge in [-0.05, 0) is 49.3 Å². The van der Waals surface area contributed by atoms with Crippen molar-refractivity contribution in [2.75, 3.05) is 26.3 Å². The van der Waals surface area contributed by atoms with Crippen LogP contribution in [-0.2, 0) is 0 Å². The van der Waals surface area contributed by atoms with E-state index in [1.807, 2.05) is 6.07 Å². The Morgan fingerprint density at radius 3 is 2.71 bits per heavy atom. The minimum atomic E-state index is 0.354. The average molecular weight is 289 g/mol. The number of para-hydroxylation sites is 1. The zero-order valence-electron chi connectivity index (χ0n) is 12.8. The van der Waals surface area contributed by atoms with Crippen molar-refractivity contribution in [2.45, 2.75) is 38.0 Å². The molecule has 1 aromatic carbocycles. The molecular formula is C18H27NO2. The number of nitrogens with one attached hydrogen (secondary N) is 1. The predicted octanol–water partition coefficient (Wildman–Crippen LogP) is 2.94. The third kappa shape index (κ3) is 3.58. The molecule has 0 amide bonds. The van der Waals surface area contributed by atoms with E-state index in [1.54, 1.807) is 0 Å². The van der Waals surface area contributed by atoms with Gasteiger partial charge in [-0.15, -0.1) is 0 Å². The summed E-state index contributed by atoms with van der Waals surface area (Å²) in [6.45, 7) is 3.25. The number of aliphatic hydroxyl groups excluding tert-OH is 1. The van der Waals surface area contributed by atoms with Crippen LogP contribution >= 0.6 is 0 Å². The van der Waals surface area contributed by atoms with Crippen molar-refractivity contribution in [3.63, 3.8) is 0 Å². The summed E-state index contributed by atoms with van der Waals surface area (Å²) in [6.07, 6.45) is 6.17. The van der Waals surface area contributed by atoms with Gasteiger partial charge < -0.3 is 15.2 Å². The predicted molar refractivity (Wildman–Crippen MR) is 84.7 cm³/mol. The lowest BCUT2D eigenvalue weighted by atomic mass is 9.79. The Balaban J connectivity index is 1.52. The molecule has 1 aromatic rings. The van der Waals surface area contributed by atoms with Crippen molar-refractivity contribution in [3.8, 4) is 5.75 Å².